The summed E-state index contributed by atoms with van der Waals surface area (Å²) in [7, 11) is 3.42. The zero-order valence-electron chi connectivity index (χ0n) is 10.1. The third-order valence-corrected chi connectivity index (χ3v) is 2.70. The van der Waals surface area contributed by atoms with Gasteiger partial charge in [0.1, 0.15) is 0 Å². The van der Waals surface area contributed by atoms with Gasteiger partial charge in [0.05, 0.1) is 0 Å². The van der Waals surface area contributed by atoms with Gasteiger partial charge in [-0.2, -0.15) is 0 Å². The zero-order chi connectivity index (χ0) is 12.6. The molecule has 0 heterocycles. The fraction of sp³-hybridized carbons (Fsp3) is 0.333. The van der Waals surface area contributed by atoms with Crippen molar-refractivity contribution in [1.29, 1.82) is 0 Å². The molecule has 88 valence electrons. The first-order chi connectivity index (χ1) is 7.47. The van der Waals surface area contributed by atoms with Crippen molar-refractivity contribution in [3.8, 4) is 0 Å². The minimum Gasteiger partial charge on any atom is -0.339 e. The van der Waals surface area contributed by atoms with Crippen LogP contribution in [0.2, 0.25) is 0 Å². The molecule has 0 aliphatic heterocycles. The number of hydrogen-bond acceptors (Lipinski definition) is 3. The largest absolute Gasteiger partial charge is 0.339 e. The van der Waals surface area contributed by atoms with Gasteiger partial charge in [0.25, 0.3) is 5.24 Å². The molecule has 0 spiro atoms. The topological polar surface area (TPSA) is 37.4 Å². The molecule has 0 aliphatic rings. The van der Waals surface area contributed by atoms with E-state index in [2.05, 4.69) is 0 Å². The van der Waals surface area contributed by atoms with Gasteiger partial charge in [-0.25, -0.2) is 0 Å². The summed E-state index contributed by atoms with van der Waals surface area (Å²) in [6.07, 6.45) is 8.52. The second kappa shape index (κ2) is 7.93. The lowest BCUT2D eigenvalue weighted by Gasteiger charge is -2.08. The van der Waals surface area contributed by atoms with Gasteiger partial charge in [-0.05, 0) is 37.8 Å². The van der Waals surface area contributed by atoms with Gasteiger partial charge >= 0.3 is 0 Å². The Morgan fingerprint density at radius 3 is 2.12 bits per heavy atom. The Labute approximate surface area is 101 Å². The smallest absolute Gasteiger partial charge is 0.285 e. The molecular formula is C12H17NO2S. The standard InChI is InChI=1S/C12H17NO2S/c1-5-11(16-12(15)13(3)4)9-7-6-8-10(2)14/h5-9H,1-4H3/b8-6-,9-7+,11-5+. The number of carbonyl (C=O) groups is 2. The first kappa shape index (κ1) is 14.7. The van der Waals surface area contributed by atoms with Crippen LogP contribution in [0.25, 0.3) is 0 Å². The number of amides is 1. The molecule has 16 heavy (non-hydrogen) atoms. The first-order valence-electron chi connectivity index (χ1n) is 4.88. The van der Waals surface area contributed by atoms with Gasteiger partial charge in [-0.1, -0.05) is 18.2 Å². The molecule has 3 nitrogen and oxygen atoms in total. The average molecular weight is 239 g/mol. The number of rotatable bonds is 4. The third-order valence-electron chi connectivity index (χ3n) is 1.56. The lowest BCUT2D eigenvalue weighted by Crippen LogP contribution is -2.16. The quantitative estimate of drug-likeness (QED) is 0.559. The van der Waals surface area contributed by atoms with Crippen molar-refractivity contribution in [1.82, 2.24) is 4.90 Å². The highest BCUT2D eigenvalue weighted by molar-refractivity contribution is 8.17. The summed E-state index contributed by atoms with van der Waals surface area (Å²) in [5, 5.41) is -0.0201. The summed E-state index contributed by atoms with van der Waals surface area (Å²) in [4.78, 5) is 24.4. The van der Waals surface area contributed by atoms with Crippen molar-refractivity contribution >= 4 is 22.8 Å². The van der Waals surface area contributed by atoms with E-state index in [1.807, 2.05) is 13.0 Å². The minimum atomic E-state index is -0.0201. The molecule has 0 rings (SSSR count). The summed E-state index contributed by atoms with van der Waals surface area (Å²) < 4.78 is 0. The van der Waals surface area contributed by atoms with Crippen LogP contribution < -0.4 is 0 Å². The molecule has 0 radical (unpaired) electrons. The van der Waals surface area contributed by atoms with E-state index in [0.29, 0.717) is 0 Å². The zero-order valence-corrected chi connectivity index (χ0v) is 10.9. The average Bonchev–Trinajstić information content (AvgIpc) is 2.21. The molecule has 0 aromatic heterocycles. The minimum absolute atomic E-state index is 0.00343. The Hall–Kier alpha value is -1.29. The van der Waals surface area contributed by atoms with Gasteiger partial charge < -0.3 is 4.90 Å². The second-order valence-electron chi connectivity index (χ2n) is 3.28. The number of nitrogens with zero attached hydrogens (tertiary/aromatic N) is 1. The monoisotopic (exact) mass is 239 g/mol. The number of carbonyl (C=O) groups excluding carboxylic acids is 2. The van der Waals surface area contributed by atoms with Crippen molar-refractivity contribution in [2.45, 2.75) is 13.8 Å². The van der Waals surface area contributed by atoms with E-state index in [1.165, 1.54) is 17.9 Å². The maximum atomic E-state index is 11.4. The Kier molecular flexibility index (Phi) is 7.29. The third kappa shape index (κ3) is 7.06. The molecule has 0 N–H and O–H groups in total. The molecule has 0 aromatic rings. The molecule has 1 amide bonds. The van der Waals surface area contributed by atoms with E-state index in [1.54, 1.807) is 32.3 Å². The molecule has 0 saturated carbocycles. The lowest BCUT2D eigenvalue weighted by atomic mass is 10.3. The maximum Gasteiger partial charge on any atom is 0.285 e. The SMILES string of the molecule is C\C=C(/C=C/C=C\C(C)=O)SC(=O)N(C)C. The van der Waals surface area contributed by atoms with Crippen LogP contribution in [0.3, 0.4) is 0 Å². The molecule has 4 heteroatoms. The Bertz CT molecular complexity index is 341. The van der Waals surface area contributed by atoms with E-state index < -0.39 is 0 Å². The van der Waals surface area contributed by atoms with Crippen molar-refractivity contribution in [3.05, 3.63) is 35.3 Å². The Morgan fingerprint density at radius 1 is 1.12 bits per heavy atom. The van der Waals surface area contributed by atoms with Gasteiger partial charge in [-0.3, -0.25) is 9.59 Å². The number of allylic oxidation sites excluding steroid dienone is 5. The van der Waals surface area contributed by atoms with Gasteiger partial charge in [0.15, 0.2) is 5.78 Å². The van der Waals surface area contributed by atoms with Crippen LogP contribution in [0.5, 0.6) is 0 Å². The van der Waals surface area contributed by atoms with E-state index >= 15 is 0 Å². The van der Waals surface area contributed by atoms with Crippen molar-refractivity contribution in [2.24, 2.45) is 0 Å². The predicted molar refractivity (Wildman–Crippen MR) is 69.4 cm³/mol. The van der Waals surface area contributed by atoms with Gasteiger partial charge in [0.2, 0.25) is 0 Å². The number of hydrogen-bond donors (Lipinski definition) is 0. The fourth-order valence-corrected chi connectivity index (χ4v) is 1.37. The van der Waals surface area contributed by atoms with E-state index in [4.69, 9.17) is 0 Å². The predicted octanol–water partition coefficient (Wildman–Crippen LogP) is 3.01. The highest BCUT2D eigenvalue weighted by Crippen LogP contribution is 2.19. The molecule has 0 saturated heterocycles. The van der Waals surface area contributed by atoms with Crippen molar-refractivity contribution in [2.75, 3.05) is 14.1 Å². The van der Waals surface area contributed by atoms with E-state index in [-0.39, 0.29) is 11.0 Å². The maximum absolute atomic E-state index is 11.4. The number of ketones is 1. The molecule has 0 atom stereocenters. The molecule has 0 fully saturated rings. The van der Waals surface area contributed by atoms with Gasteiger partial charge in [0, 0.05) is 19.0 Å². The summed E-state index contributed by atoms with van der Waals surface area (Å²) in [6.45, 7) is 3.36. The Morgan fingerprint density at radius 2 is 1.69 bits per heavy atom. The number of thioether (sulfide) groups is 1. The van der Waals surface area contributed by atoms with Gasteiger partial charge in [-0.15, -0.1) is 0 Å². The van der Waals surface area contributed by atoms with Crippen LogP contribution in [0.4, 0.5) is 4.79 Å². The van der Waals surface area contributed by atoms with Crippen molar-refractivity contribution in [3.63, 3.8) is 0 Å². The molecule has 0 bridgehead atoms. The summed E-state index contributed by atoms with van der Waals surface area (Å²) in [5.41, 5.74) is 0. The Balaban J connectivity index is 4.33. The van der Waals surface area contributed by atoms with Crippen LogP contribution in [0, 0.1) is 0 Å². The second-order valence-corrected chi connectivity index (χ2v) is 4.31. The van der Waals surface area contributed by atoms with Crippen LogP contribution in [0.15, 0.2) is 35.3 Å². The fourth-order valence-electron chi connectivity index (χ4n) is 0.723. The summed E-state index contributed by atoms with van der Waals surface area (Å²) in [6, 6.07) is 0. The lowest BCUT2D eigenvalue weighted by molar-refractivity contribution is -0.112. The van der Waals surface area contributed by atoms with Crippen LogP contribution in [-0.2, 0) is 4.79 Å². The van der Waals surface area contributed by atoms with Crippen molar-refractivity contribution < 1.29 is 9.59 Å². The molecule has 0 unspecified atom stereocenters. The van der Waals surface area contributed by atoms with E-state index in [0.717, 1.165) is 16.7 Å². The molecule has 0 aromatic carbocycles. The first-order valence-corrected chi connectivity index (χ1v) is 5.69. The summed E-state index contributed by atoms with van der Waals surface area (Å²) in [5.74, 6) is 0.00343. The van der Waals surface area contributed by atoms with E-state index in [9.17, 15) is 9.59 Å². The van der Waals surface area contributed by atoms with Crippen LogP contribution in [0.1, 0.15) is 13.8 Å². The summed E-state index contributed by atoms with van der Waals surface area (Å²) >= 11 is 1.15. The highest BCUT2D eigenvalue weighted by atomic mass is 32.2. The molecular weight excluding hydrogens is 222 g/mol. The molecule has 0 aliphatic carbocycles. The van der Waals surface area contributed by atoms with Crippen LogP contribution in [-0.4, -0.2) is 30.0 Å². The van der Waals surface area contributed by atoms with Crippen LogP contribution >= 0.6 is 11.8 Å². The highest BCUT2D eigenvalue weighted by Gasteiger charge is 2.05. The normalized spacial score (nSPS) is 12.4.